The summed E-state index contributed by atoms with van der Waals surface area (Å²) in [6, 6.07) is 11.6. The Bertz CT molecular complexity index is 1580. The predicted molar refractivity (Wildman–Crippen MR) is 143 cm³/mol. The van der Waals surface area contributed by atoms with E-state index in [2.05, 4.69) is 4.98 Å². The molecule has 0 bridgehead atoms. The summed E-state index contributed by atoms with van der Waals surface area (Å²) < 4.78 is 75.2. The summed E-state index contributed by atoms with van der Waals surface area (Å²) in [7, 11) is 0.784. The Kier molecular flexibility index (Phi) is 9.29. The number of carbonyl (C=O) groups is 1. The monoisotopic (exact) mass is 596 g/mol. The summed E-state index contributed by atoms with van der Waals surface area (Å²) in [5.74, 6) is -0.225. The highest BCUT2D eigenvalue weighted by atomic mass is 35.5. The van der Waals surface area contributed by atoms with E-state index in [1.807, 2.05) is 0 Å². The van der Waals surface area contributed by atoms with Crippen LogP contribution < -0.4 is 14.4 Å². The van der Waals surface area contributed by atoms with Crippen LogP contribution in [0.15, 0.2) is 48.7 Å². The van der Waals surface area contributed by atoms with E-state index in [0.29, 0.717) is 17.5 Å². The number of halogens is 4. The van der Waals surface area contributed by atoms with Crippen LogP contribution in [0.25, 0.3) is 11.1 Å². The van der Waals surface area contributed by atoms with Crippen molar-refractivity contribution >= 4 is 33.2 Å². The number of rotatable bonds is 9. The van der Waals surface area contributed by atoms with E-state index < -0.39 is 27.8 Å². The minimum atomic E-state index is -4.77. The molecule has 0 unspecified atom stereocenters. The number of alkyl halides is 3. The van der Waals surface area contributed by atoms with Gasteiger partial charge < -0.3 is 14.4 Å². The standard InChI is InChI=1S/C26H24ClF3N4O5S/c1-33(40(4,36)37)9-10-39-23-13-20(27)17(19-15-32-24(26(28,29)30)11-16(19)14-31)12-18(23)25(35)34(2)21-7-5-6-8-22(21)38-3/h5-8,11-13,15H,9-10H2,1-4H3. The minimum Gasteiger partial charge on any atom is -0.495 e. The Morgan fingerprint density at radius 1 is 1.12 bits per heavy atom. The molecule has 3 aromatic rings. The van der Waals surface area contributed by atoms with Gasteiger partial charge in [0.25, 0.3) is 5.91 Å². The summed E-state index contributed by atoms with van der Waals surface area (Å²) >= 11 is 6.47. The summed E-state index contributed by atoms with van der Waals surface area (Å²) in [5.41, 5.74) is -1.23. The average Bonchev–Trinajstić information content (AvgIpc) is 2.90. The number of aromatic nitrogens is 1. The van der Waals surface area contributed by atoms with Crippen LogP contribution in [-0.2, 0) is 16.2 Å². The zero-order chi connectivity index (χ0) is 29.8. The third-order valence-corrected chi connectivity index (χ3v) is 7.51. The molecule has 0 aliphatic carbocycles. The number of nitrogens with zero attached hydrogens (tertiary/aromatic N) is 4. The van der Waals surface area contributed by atoms with Gasteiger partial charge >= 0.3 is 6.18 Å². The average molecular weight is 597 g/mol. The fraction of sp³-hybridized carbons (Fsp3) is 0.269. The lowest BCUT2D eigenvalue weighted by atomic mass is 9.98. The molecule has 0 radical (unpaired) electrons. The van der Waals surface area contributed by atoms with Crippen LogP contribution in [0.4, 0.5) is 18.9 Å². The first-order valence-corrected chi connectivity index (χ1v) is 13.7. The smallest absolute Gasteiger partial charge is 0.433 e. The first-order valence-electron chi connectivity index (χ1n) is 11.5. The maximum atomic E-state index is 13.7. The highest BCUT2D eigenvalue weighted by Crippen LogP contribution is 2.39. The summed E-state index contributed by atoms with van der Waals surface area (Å²) in [6.45, 7) is -0.196. The number of sulfonamides is 1. The Labute approximate surface area is 234 Å². The summed E-state index contributed by atoms with van der Waals surface area (Å²) in [4.78, 5) is 18.4. The van der Waals surface area contributed by atoms with E-state index in [0.717, 1.165) is 16.8 Å². The number of methoxy groups -OCH3 is 1. The number of anilines is 1. The van der Waals surface area contributed by atoms with Gasteiger partial charge in [-0.25, -0.2) is 12.7 Å². The molecule has 0 saturated heterocycles. The lowest BCUT2D eigenvalue weighted by molar-refractivity contribution is -0.141. The van der Waals surface area contributed by atoms with Crippen molar-refractivity contribution in [1.82, 2.24) is 9.29 Å². The lowest BCUT2D eigenvalue weighted by Gasteiger charge is -2.23. The zero-order valence-electron chi connectivity index (χ0n) is 21.8. The van der Waals surface area contributed by atoms with Gasteiger partial charge in [0.1, 0.15) is 23.8 Å². The Morgan fingerprint density at radius 3 is 2.40 bits per heavy atom. The molecule has 40 heavy (non-hydrogen) atoms. The van der Waals surface area contributed by atoms with Crippen LogP contribution in [0, 0.1) is 11.3 Å². The second-order valence-electron chi connectivity index (χ2n) is 8.52. The van der Waals surface area contributed by atoms with Crippen molar-refractivity contribution in [2.45, 2.75) is 6.18 Å². The normalized spacial score (nSPS) is 11.7. The second-order valence-corrected chi connectivity index (χ2v) is 11.0. The zero-order valence-corrected chi connectivity index (χ0v) is 23.4. The molecule has 1 heterocycles. The molecule has 0 aliphatic heterocycles. The molecule has 0 atom stereocenters. The van der Waals surface area contributed by atoms with Gasteiger partial charge in [-0.3, -0.25) is 9.78 Å². The molecule has 14 heteroatoms. The van der Waals surface area contributed by atoms with Gasteiger partial charge in [0, 0.05) is 44.0 Å². The Balaban J connectivity index is 2.14. The van der Waals surface area contributed by atoms with Gasteiger partial charge in [-0.15, -0.1) is 0 Å². The van der Waals surface area contributed by atoms with E-state index in [1.165, 1.54) is 38.2 Å². The summed E-state index contributed by atoms with van der Waals surface area (Å²) in [5, 5.41) is 9.53. The number of ether oxygens (including phenoxy) is 2. The molecule has 2 aromatic carbocycles. The third kappa shape index (κ3) is 6.82. The van der Waals surface area contributed by atoms with E-state index in [-0.39, 0.29) is 46.2 Å². The summed E-state index contributed by atoms with van der Waals surface area (Å²) in [6.07, 6.45) is -2.88. The highest BCUT2D eigenvalue weighted by Gasteiger charge is 2.33. The van der Waals surface area contributed by atoms with E-state index in [9.17, 15) is 31.6 Å². The molecule has 0 fully saturated rings. The molecular formula is C26H24ClF3N4O5S. The number of pyridine rings is 1. The van der Waals surface area contributed by atoms with Crippen molar-refractivity contribution < 1.29 is 35.9 Å². The van der Waals surface area contributed by atoms with Crippen molar-refractivity contribution in [3.05, 3.63) is 70.5 Å². The maximum absolute atomic E-state index is 13.7. The quantitative estimate of drug-likeness (QED) is 0.347. The maximum Gasteiger partial charge on any atom is 0.433 e. The molecule has 1 aromatic heterocycles. The molecule has 212 valence electrons. The largest absolute Gasteiger partial charge is 0.495 e. The minimum absolute atomic E-state index is 0.0132. The molecule has 0 saturated carbocycles. The van der Waals surface area contributed by atoms with Gasteiger partial charge in [-0.2, -0.15) is 18.4 Å². The number of amides is 1. The number of hydrogen-bond acceptors (Lipinski definition) is 7. The van der Waals surface area contributed by atoms with E-state index in [1.54, 1.807) is 30.3 Å². The second kappa shape index (κ2) is 12.1. The topological polar surface area (TPSA) is 113 Å². The number of nitriles is 1. The van der Waals surface area contributed by atoms with Crippen LogP contribution in [0.5, 0.6) is 11.5 Å². The van der Waals surface area contributed by atoms with Crippen LogP contribution in [-0.4, -0.2) is 64.2 Å². The van der Waals surface area contributed by atoms with Gasteiger partial charge in [0.05, 0.1) is 41.3 Å². The fourth-order valence-electron chi connectivity index (χ4n) is 3.61. The van der Waals surface area contributed by atoms with Crippen LogP contribution in [0.2, 0.25) is 5.02 Å². The fourth-order valence-corrected chi connectivity index (χ4v) is 4.27. The van der Waals surface area contributed by atoms with E-state index >= 15 is 0 Å². The Hall–Kier alpha value is -3.86. The highest BCUT2D eigenvalue weighted by molar-refractivity contribution is 7.88. The molecule has 0 N–H and O–H groups in total. The van der Waals surface area contributed by atoms with Gasteiger partial charge in [-0.05, 0) is 24.3 Å². The third-order valence-electron chi connectivity index (χ3n) is 5.89. The molecule has 0 aliphatic rings. The molecule has 0 spiro atoms. The Morgan fingerprint density at radius 2 is 1.80 bits per heavy atom. The van der Waals surface area contributed by atoms with Crippen LogP contribution in [0.3, 0.4) is 0 Å². The van der Waals surface area contributed by atoms with Crippen molar-refractivity contribution in [2.75, 3.05) is 45.5 Å². The number of hydrogen-bond donors (Lipinski definition) is 0. The van der Waals surface area contributed by atoms with Crippen molar-refractivity contribution in [1.29, 1.82) is 5.26 Å². The molecule has 9 nitrogen and oxygen atoms in total. The first kappa shape index (κ1) is 30.7. The van der Waals surface area contributed by atoms with Crippen LogP contribution >= 0.6 is 11.6 Å². The predicted octanol–water partition coefficient (Wildman–Crippen LogP) is 4.85. The SMILES string of the molecule is COc1ccccc1N(C)C(=O)c1cc(-c2cnc(C(F)(F)F)cc2C#N)c(Cl)cc1OCCN(C)S(C)(=O)=O. The molecule has 1 amide bonds. The molecule has 3 rings (SSSR count). The molecular weight excluding hydrogens is 573 g/mol. The van der Waals surface area contributed by atoms with Crippen molar-refractivity contribution in [3.63, 3.8) is 0 Å². The van der Waals surface area contributed by atoms with Crippen molar-refractivity contribution in [3.8, 4) is 28.7 Å². The van der Waals surface area contributed by atoms with Crippen LogP contribution in [0.1, 0.15) is 21.6 Å². The lowest BCUT2D eigenvalue weighted by Crippen LogP contribution is -2.30. The first-order chi connectivity index (χ1) is 18.7. The number of carbonyl (C=O) groups excluding carboxylic acids is 1. The van der Waals surface area contributed by atoms with E-state index in [4.69, 9.17) is 21.1 Å². The van der Waals surface area contributed by atoms with Crippen molar-refractivity contribution in [2.24, 2.45) is 0 Å². The number of likely N-dealkylation sites (N-methyl/N-ethyl adjacent to an activating group) is 1. The number of benzene rings is 2. The van der Waals surface area contributed by atoms with Gasteiger partial charge in [-0.1, -0.05) is 23.7 Å². The number of para-hydroxylation sites is 2. The van der Waals surface area contributed by atoms with Gasteiger partial charge in [0.15, 0.2) is 0 Å². The van der Waals surface area contributed by atoms with Gasteiger partial charge in [0.2, 0.25) is 10.0 Å².